The van der Waals surface area contributed by atoms with Gasteiger partial charge in [-0.05, 0) is 41.8 Å². The molecule has 1 aliphatic rings. The maximum absolute atomic E-state index is 2.57. The number of hydrogen-bond acceptors (Lipinski definition) is 0. The van der Waals surface area contributed by atoms with E-state index in [1.807, 2.05) is 0 Å². The first-order valence-electron chi connectivity index (χ1n) is 6.55. The van der Waals surface area contributed by atoms with E-state index in [4.69, 9.17) is 0 Å². The molecular weight excluding hydrogens is 212 g/mol. The van der Waals surface area contributed by atoms with Crippen molar-refractivity contribution in [2.75, 3.05) is 18.8 Å². The summed E-state index contributed by atoms with van der Waals surface area (Å²) in [6.07, 6.45) is 15.0. The number of benzene rings is 1. The van der Waals surface area contributed by atoms with E-state index in [-0.39, 0.29) is 0 Å². The van der Waals surface area contributed by atoms with Gasteiger partial charge in [-0.15, -0.1) is 0 Å². The summed E-state index contributed by atoms with van der Waals surface area (Å²) in [7, 11) is -1.66. The molecule has 0 aromatic heterocycles. The number of rotatable bonds is 2. The summed E-state index contributed by atoms with van der Waals surface area (Å²) in [5.74, 6) is 0. The molecule has 1 aromatic rings. The van der Waals surface area contributed by atoms with Crippen LogP contribution in [0.5, 0.6) is 0 Å². The molecule has 0 heterocycles. The molecule has 1 heteroatoms. The zero-order valence-electron chi connectivity index (χ0n) is 10.9. The largest absolute Gasteiger partial charge is 0.267 e. The zero-order valence-corrected chi connectivity index (χ0v) is 11.8. The van der Waals surface area contributed by atoms with Gasteiger partial charge in [0.05, 0.1) is 0 Å². The van der Waals surface area contributed by atoms with Crippen LogP contribution in [-0.4, -0.2) is 24.0 Å². The topological polar surface area (TPSA) is 0 Å². The lowest BCUT2D eigenvalue weighted by Crippen LogP contribution is -2.30. The second kappa shape index (κ2) is 4.10. The molecular formula is C15H26S. The molecule has 16 heavy (non-hydrogen) atoms. The van der Waals surface area contributed by atoms with Crippen LogP contribution in [0.15, 0.2) is 35.2 Å². The molecule has 1 saturated carbocycles. The number of hydrogen-bond donors (Lipinski definition) is 1. The molecule has 2 rings (SSSR count). The van der Waals surface area contributed by atoms with Crippen molar-refractivity contribution in [3.05, 3.63) is 30.3 Å². The molecule has 1 aromatic carbocycles. The maximum Gasteiger partial charge on any atom is -0.0213 e. The average molecular weight is 238 g/mol. The Morgan fingerprint density at radius 2 is 1.44 bits per heavy atom. The van der Waals surface area contributed by atoms with E-state index >= 15 is 0 Å². The van der Waals surface area contributed by atoms with Gasteiger partial charge >= 0.3 is 0 Å². The molecule has 0 N–H and O–H groups in total. The highest BCUT2D eigenvalue weighted by atomic mass is 32.3. The number of thiol groups is 1. The Bertz CT molecular complexity index is 339. The molecule has 0 atom stereocenters. The molecule has 0 amide bonds. The molecule has 0 aliphatic heterocycles. The summed E-state index contributed by atoms with van der Waals surface area (Å²) in [4.78, 5) is 1.63. The summed E-state index contributed by atoms with van der Waals surface area (Å²) in [6.45, 7) is 0. The fourth-order valence-electron chi connectivity index (χ4n) is 3.16. The van der Waals surface area contributed by atoms with E-state index in [0.717, 1.165) is 5.25 Å². The van der Waals surface area contributed by atoms with Gasteiger partial charge in [-0.25, -0.2) is 0 Å². The van der Waals surface area contributed by atoms with Crippen molar-refractivity contribution in [3.8, 4) is 0 Å². The summed E-state index contributed by atoms with van der Waals surface area (Å²) >= 11 is 0. The van der Waals surface area contributed by atoms with E-state index in [1.165, 1.54) is 32.1 Å². The van der Waals surface area contributed by atoms with Gasteiger partial charge in [0.1, 0.15) is 0 Å². The van der Waals surface area contributed by atoms with Gasteiger partial charge in [0, 0.05) is 0 Å². The van der Waals surface area contributed by atoms with E-state index in [0.29, 0.717) is 0 Å². The Labute approximate surface area is 101 Å². The Morgan fingerprint density at radius 3 is 2.00 bits per heavy atom. The highest BCUT2D eigenvalue weighted by Crippen LogP contribution is 2.72. The van der Waals surface area contributed by atoms with Crippen molar-refractivity contribution < 1.29 is 0 Å². The van der Waals surface area contributed by atoms with Crippen LogP contribution in [0.3, 0.4) is 0 Å². The predicted molar refractivity (Wildman–Crippen MR) is 78.3 cm³/mol. The molecule has 0 nitrogen and oxygen atoms in total. The summed E-state index contributed by atoms with van der Waals surface area (Å²) in [5, 5.41) is 0.960. The first-order chi connectivity index (χ1) is 7.49. The van der Waals surface area contributed by atoms with Gasteiger partial charge in [0.25, 0.3) is 0 Å². The van der Waals surface area contributed by atoms with Gasteiger partial charge < -0.3 is 0 Å². The lowest BCUT2D eigenvalue weighted by atomic mass is 10.0. The molecule has 92 valence electrons. The first-order valence-corrected chi connectivity index (χ1v) is 10.2. The van der Waals surface area contributed by atoms with Gasteiger partial charge in [-0.2, -0.15) is 0 Å². The van der Waals surface area contributed by atoms with Crippen molar-refractivity contribution in [2.45, 2.75) is 42.2 Å². The van der Waals surface area contributed by atoms with E-state index in [1.54, 1.807) is 4.90 Å². The molecule has 1 fully saturated rings. The molecule has 0 radical (unpaired) electrons. The molecule has 0 unspecified atom stereocenters. The third-order valence-corrected chi connectivity index (χ3v) is 9.75. The quantitative estimate of drug-likeness (QED) is 0.728. The van der Waals surface area contributed by atoms with Crippen LogP contribution < -0.4 is 0 Å². The highest BCUT2D eigenvalue weighted by molar-refractivity contribution is 8.48. The minimum absolute atomic E-state index is 0.960. The Hall–Kier alpha value is -0.430. The monoisotopic (exact) mass is 238 g/mol. The van der Waals surface area contributed by atoms with E-state index in [2.05, 4.69) is 49.1 Å². The second-order valence-electron chi connectivity index (χ2n) is 6.54. The smallest absolute Gasteiger partial charge is 0.0213 e. The fraction of sp³-hybridized carbons (Fsp3) is 0.600. The van der Waals surface area contributed by atoms with Gasteiger partial charge in [0.2, 0.25) is 0 Å². The third kappa shape index (κ3) is 2.15. The summed E-state index contributed by atoms with van der Waals surface area (Å²) in [5.41, 5.74) is 0. The predicted octanol–water partition coefficient (Wildman–Crippen LogP) is 4.34. The highest BCUT2D eigenvalue weighted by Gasteiger charge is 2.37. The summed E-state index contributed by atoms with van der Waals surface area (Å²) < 4.78 is 0. The normalized spacial score (nSPS) is 21.3. The minimum Gasteiger partial charge on any atom is -0.267 e. The molecule has 1 aliphatic carbocycles. The van der Waals surface area contributed by atoms with Crippen molar-refractivity contribution in [1.82, 2.24) is 0 Å². The Kier molecular flexibility index (Phi) is 3.09. The summed E-state index contributed by atoms with van der Waals surface area (Å²) in [6, 6.07) is 11.3. The van der Waals surface area contributed by atoms with E-state index < -0.39 is 9.16 Å². The van der Waals surface area contributed by atoms with Crippen LogP contribution in [0.1, 0.15) is 32.1 Å². The van der Waals surface area contributed by atoms with Crippen molar-refractivity contribution in [2.24, 2.45) is 0 Å². The SMILES string of the molecule is C[SH](C)(C)(c1ccccc1)C1CCCCC1. The van der Waals surface area contributed by atoms with Gasteiger partial charge in [-0.3, -0.25) is 9.16 Å². The third-order valence-electron chi connectivity index (χ3n) is 4.53. The minimum atomic E-state index is -1.66. The fourth-order valence-corrected chi connectivity index (χ4v) is 6.99. The van der Waals surface area contributed by atoms with Crippen LogP contribution >= 0.6 is 9.16 Å². The lowest BCUT2D eigenvalue weighted by Gasteiger charge is -2.59. The van der Waals surface area contributed by atoms with E-state index in [9.17, 15) is 0 Å². The van der Waals surface area contributed by atoms with Crippen LogP contribution in [-0.2, 0) is 0 Å². The van der Waals surface area contributed by atoms with Gasteiger partial charge in [0.15, 0.2) is 0 Å². The van der Waals surface area contributed by atoms with Crippen LogP contribution in [0.2, 0.25) is 0 Å². The Morgan fingerprint density at radius 1 is 0.875 bits per heavy atom. The van der Waals surface area contributed by atoms with Crippen LogP contribution in [0.4, 0.5) is 0 Å². The van der Waals surface area contributed by atoms with Crippen molar-refractivity contribution in [3.63, 3.8) is 0 Å². The first kappa shape index (κ1) is 12.0. The van der Waals surface area contributed by atoms with Crippen LogP contribution in [0.25, 0.3) is 0 Å². The maximum atomic E-state index is 2.57. The molecule has 0 spiro atoms. The second-order valence-corrected chi connectivity index (χ2v) is 13.6. The standard InChI is InChI=1S/C15H26S/c1-16(2,3,14-10-6-4-7-11-14)15-12-8-5-9-13-15/h4,6-7,10-11,15-16H,5,8-9,12-13H2,1-3H3. The van der Waals surface area contributed by atoms with Crippen molar-refractivity contribution in [1.29, 1.82) is 0 Å². The lowest BCUT2D eigenvalue weighted by molar-refractivity contribution is 0.510. The van der Waals surface area contributed by atoms with Gasteiger partial charge in [-0.1, -0.05) is 49.6 Å². The Balaban J connectivity index is 2.33. The van der Waals surface area contributed by atoms with Crippen molar-refractivity contribution >= 4 is 9.16 Å². The molecule has 0 bridgehead atoms. The zero-order chi connectivity index (χ0) is 11.7. The average Bonchev–Trinajstić information content (AvgIpc) is 2.31. The van der Waals surface area contributed by atoms with Crippen LogP contribution in [0, 0.1) is 0 Å². The molecule has 0 saturated heterocycles.